The minimum atomic E-state index is 0.148. The minimum Gasteiger partial charge on any atom is -0.309 e. The van der Waals surface area contributed by atoms with Gasteiger partial charge in [-0.25, -0.2) is 0 Å². The molecule has 3 heteroatoms. The van der Waals surface area contributed by atoms with E-state index in [1.54, 1.807) is 0 Å². The quantitative estimate of drug-likeness (QED) is 0.766. The monoisotopic (exact) mass is 265 g/mol. The number of carbonyl (C=O) groups excluding carboxylic acids is 1. The zero-order valence-corrected chi connectivity index (χ0v) is 12.0. The third-order valence-electron chi connectivity index (χ3n) is 3.45. The summed E-state index contributed by atoms with van der Waals surface area (Å²) in [4.78, 5) is 13.9. The van der Waals surface area contributed by atoms with Crippen LogP contribution in [0.1, 0.15) is 38.3 Å². The maximum atomic E-state index is 12.0. The van der Waals surface area contributed by atoms with Crippen LogP contribution in [0.2, 0.25) is 0 Å². The molecule has 0 radical (unpaired) electrons. The van der Waals surface area contributed by atoms with Crippen molar-refractivity contribution in [3.63, 3.8) is 0 Å². The number of halogens is 1. The van der Waals surface area contributed by atoms with Crippen LogP contribution in [-0.4, -0.2) is 17.3 Å². The summed E-state index contributed by atoms with van der Waals surface area (Å²) in [5.74, 6) is 0.208. The highest BCUT2D eigenvalue weighted by Crippen LogP contribution is 2.33. The molecule has 2 atom stereocenters. The van der Waals surface area contributed by atoms with E-state index < -0.39 is 0 Å². The van der Waals surface area contributed by atoms with Crippen LogP contribution in [0.25, 0.3) is 0 Å². The van der Waals surface area contributed by atoms with E-state index in [4.69, 9.17) is 11.6 Å². The van der Waals surface area contributed by atoms with E-state index in [2.05, 4.69) is 25.1 Å². The van der Waals surface area contributed by atoms with Crippen molar-refractivity contribution in [2.45, 2.75) is 51.5 Å². The fraction of sp³-hybridized carbons (Fsp3) is 0.533. The van der Waals surface area contributed by atoms with Gasteiger partial charge in [-0.15, -0.1) is 11.6 Å². The fourth-order valence-corrected chi connectivity index (χ4v) is 2.86. The number of benzene rings is 1. The highest BCUT2D eigenvalue weighted by atomic mass is 35.5. The molecule has 0 fully saturated rings. The average Bonchev–Trinajstić information content (AvgIpc) is 2.62. The Morgan fingerprint density at radius 3 is 2.89 bits per heavy atom. The summed E-state index contributed by atoms with van der Waals surface area (Å²) in [7, 11) is 0. The molecule has 1 aromatic carbocycles. The lowest BCUT2D eigenvalue weighted by Gasteiger charge is -2.22. The molecule has 1 aromatic rings. The van der Waals surface area contributed by atoms with Crippen LogP contribution in [0.5, 0.6) is 0 Å². The minimum absolute atomic E-state index is 0.148. The second kappa shape index (κ2) is 5.31. The number of hydrogen-bond donors (Lipinski definition) is 0. The van der Waals surface area contributed by atoms with E-state index in [9.17, 15) is 4.79 Å². The molecule has 18 heavy (non-hydrogen) atoms. The van der Waals surface area contributed by atoms with Gasteiger partial charge in [-0.1, -0.05) is 19.1 Å². The molecule has 1 amide bonds. The molecule has 2 nitrogen and oxygen atoms in total. The van der Waals surface area contributed by atoms with Crippen LogP contribution in [0.4, 0.5) is 5.69 Å². The van der Waals surface area contributed by atoms with Gasteiger partial charge in [0, 0.05) is 23.5 Å². The summed E-state index contributed by atoms with van der Waals surface area (Å²) in [6.45, 7) is 6.03. The number of carbonyl (C=O) groups is 1. The molecule has 1 heterocycles. The van der Waals surface area contributed by atoms with Crippen molar-refractivity contribution in [2.75, 3.05) is 4.90 Å². The predicted molar refractivity (Wildman–Crippen MR) is 76.4 cm³/mol. The summed E-state index contributed by atoms with van der Waals surface area (Å²) in [5, 5.41) is 0.148. The van der Waals surface area contributed by atoms with Crippen LogP contribution < -0.4 is 4.90 Å². The van der Waals surface area contributed by atoms with Gasteiger partial charge in [0.2, 0.25) is 5.91 Å². The smallest absolute Gasteiger partial charge is 0.226 e. The second-order valence-corrected chi connectivity index (χ2v) is 5.86. The largest absolute Gasteiger partial charge is 0.309 e. The highest BCUT2D eigenvalue weighted by molar-refractivity contribution is 6.20. The molecule has 98 valence electrons. The van der Waals surface area contributed by atoms with Crippen molar-refractivity contribution in [3.05, 3.63) is 29.3 Å². The van der Waals surface area contributed by atoms with Crippen molar-refractivity contribution in [3.8, 4) is 0 Å². The lowest BCUT2D eigenvalue weighted by molar-refractivity contribution is -0.118. The summed E-state index contributed by atoms with van der Waals surface area (Å²) in [6, 6.07) is 6.64. The standard InChI is InChI=1S/C15H20ClNO/c1-4-15(18)17-11(3)8-13-9-12(7-10(2)16)5-6-14(13)17/h5-6,9-11H,4,7-8H2,1-3H3. The molecule has 0 aromatic heterocycles. The van der Waals surface area contributed by atoms with E-state index in [-0.39, 0.29) is 17.3 Å². The number of rotatable bonds is 3. The number of nitrogens with zero attached hydrogens (tertiary/aromatic N) is 1. The molecular weight excluding hydrogens is 246 g/mol. The van der Waals surface area contributed by atoms with Crippen molar-refractivity contribution < 1.29 is 4.79 Å². The molecule has 0 N–H and O–H groups in total. The predicted octanol–water partition coefficient (Wildman–Crippen LogP) is 3.54. The summed E-state index contributed by atoms with van der Waals surface area (Å²) < 4.78 is 0. The maximum Gasteiger partial charge on any atom is 0.226 e. The second-order valence-electron chi connectivity index (χ2n) is 5.12. The zero-order chi connectivity index (χ0) is 13.3. The van der Waals surface area contributed by atoms with E-state index in [0.29, 0.717) is 6.42 Å². The first kappa shape index (κ1) is 13.4. The lowest BCUT2D eigenvalue weighted by atomic mass is 10.0. The number of alkyl halides is 1. The van der Waals surface area contributed by atoms with Gasteiger partial charge in [0.1, 0.15) is 0 Å². The first-order valence-electron chi connectivity index (χ1n) is 6.60. The Bertz CT molecular complexity index is 456. The van der Waals surface area contributed by atoms with Crippen molar-refractivity contribution in [1.29, 1.82) is 0 Å². The summed E-state index contributed by atoms with van der Waals surface area (Å²) >= 11 is 6.03. The van der Waals surface area contributed by atoms with E-state index in [1.807, 2.05) is 18.7 Å². The average molecular weight is 266 g/mol. The Kier molecular flexibility index (Phi) is 3.96. The molecule has 0 aliphatic carbocycles. The Morgan fingerprint density at radius 2 is 2.28 bits per heavy atom. The van der Waals surface area contributed by atoms with E-state index in [0.717, 1.165) is 18.5 Å². The summed E-state index contributed by atoms with van der Waals surface area (Å²) in [5.41, 5.74) is 3.62. The van der Waals surface area contributed by atoms with Crippen LogP contribution in [0.3, 0.4) is 0 Å². The maximum absolute atomic E-state index is 12.0. The van der Waals surface area contributed by atoms with Gasteiger partial charge in [0.15, 0.2) is 0 Å². The van der Waals surface area contributed by atoms with Crippen molar-refractivity contribution in [2.24, 2.45) is 0 Å². The molecule has 1 aliphatic rings. The topological polar surface area (TPSA) is 20.3 Å². The number of fused-ring (bicyclic) bond motifs is 1. The van der Waals surface area contributed by atoms with Gasteiger partial charge in [-0.2, -0.15) is 0 Å². The van der Waals surface area contributed by atoms with Gasteiger partial charge in [0.25, 0.3) is 0 Å². The molecule has 2 unspecified atom stereocenters. The fourth-order valence-electron chi connectivity index (χ4n) is 2.69. The Morgan fingerprint density at radius 1 is 1.56 bits per heavy atom. The highest BCUT2D eigenvalue weighted by Gasteiger charge is 2.29. The Labute approximate surface area is 114 Å². The molecule has 0 bridgehead atoms. The first-order valence-corrected chi connectivity index (χ1v) is 7.04. The van der Waals surface area contributed by atoms with Crippen LogP contribution in [0.15, 0.2) is 18.2 Å². The van der Waals surface area contributed by atoms with Gasteiger partial charge < -0.3 is 4.90 Å². The number of amides is 1. The van der Waals surface area contributed by atoms with E-state index in [1.165, 1.54) is 11.1 Å². The van der Waals surface area contributed by atoms with Gasteiger partial charge >= 0.3 is 0 Å². The van der Waals surface area contributed by atoms with Crippen molar-refractivity contribution in [1.82, 2.24) is 0 Å². The zero-order valence-electron chi connectivity index (χ0n) is 11.2. The lowest BCUT2D eigenvalue weighted by Crippen LogP contribution is -2.35. The molecule has 0 spiro atoms. The molecule has 2 rings (SSSR count). The molecule has 0 saturated carbocycles. The van der Waals surface area contributed by atoms with Crippen LogP contribution in [-0.2, 0) is 17.6 Å². The molecule has 1 aliphatic heterocycles. The normalized spacial score (nSPS) is 19.8. The Hall–Kier alpha value is -1.02. The number of anilines is 1. The van der Waals surface area contributed by atoms with E-state index >= 15 is 0 Å². The SMILES string of the molecule is CCC(=O)N1c2ccc(CC(C)Cl)cc2CC1C. The Balaban J connectivity index is 2.29. The van der Waals surface area contributed by atoms with Crippen molar-refractivity contribution >= 4 is 23.2 Å². The summed E-state index contributed by atoms with van der Waals surface area (Å²) in [6.07, 6.45) is 2.39. The van der Waals surface area contributed by atoms with Gasteiger partial charge in [-0.05, 0) is 43.9 Å². The molecular formula is C15H20ClNO. The first-order chi connectivity index (χ1) is 8.52. The molecule has 0 saturated heterocycles. The van der Waals surface area contributed by atoms with Gasteiger partial charge in [-0.3, -0.25) is 4.79 Å². The van der Waals surface area contributed by atoms with Crippen LogP contribution in [0, 0.1) is 0 Å². The number of hydrogen-bond acceptors (Lipinski definition) is 1. The van der Waals surface area contributed by atoms with Crippen LogP contribution >= 0.6 is 11.6 Å². The third kappa shape index (κ3) is 2.54. The third-order valence-corrected chi connectivity index (χ3v) is 3.60. The van der Waals surface area contributed by atoms with Gasteiger partial charge in [0.05, 0.1) is 0 Å².